The first-order chi connectivity index (χ1) is 13.5. The van der Waals surface area contributed by atoms with Crippen molar-refractivity contribution in [1.29, 1.82) is 0 Å². The fourth-order valence-corrected chi connectivity index (χ4v) is 3.25. The van der Waals surface area contributed by atoms with Gasteiger partial charge in [-0.05, 0) is 37.6 Å². The maximum Gasteiger partial charge on any atom is 0.262 e. The predicted octanol–water partition coefficient (Wildman–Crippen LogP) is 3.59. The van der Waals surface area contributed by atoms with Crippen LogP contribution in [0.5, 0.6) is 0 Å². The lowest BCUT2D eigenvalue weighted by atomic mass is 10.1. The molecule has 1 aromatic heterocycles. The summed E-state index contributed by atoms with van der Waals surface area (Å²) in [5.74, 6) is -0.370. The van der Waals surface area contributed by atoms with Crippen LogP contribution in [0.25, 0.3) is 0 Å². The van der Waals surface area contributed by atoms with Gasteiger partial charge in [-0.3, -0.25) is 19.3 Å². The molecule has 1 unspecified atom stereocenters. The maximum absolute atomic E-state index is 12.9. The number of carbonyl (C=O) groups excluding carboxylic acids is 3. The molecule has 7 nitrogen and oxygen atoms in total. The van der Waals surface area contributed by atoms with E-state index in [2.05, 4.69) is 10.5 Å². The molecule has 1 N–H and O–H groups in total. The Labute approximate surface area is 160 Å². The first-order valence-corrected chi connectivity index (χ1v) is 8.77. The molecule has 1 aliphatic heterocycles. The fraction of sp³-hybridized carbons (Fsp3) is 0.143. The van der Waals surface area contributed by atoms with Gasteiger partial charge in [-0.1, -0.05) is 35.5 Å². The van der Waals surface area contributed by atoms with Gasteiger partial charge in [0.1, 0.15) is 5.76 Å². The quantitative estimate of drug-likeness (QED) is 0.704. The average Bonchev–Trinajstić information content (AvgIpc) is 3.22. The van der Waals surface area contributed by atoms with Gasteiger partial charge in [0.25, 0.3) is 17.7 Å². The highest BCUT2D eigenvalue weighted by Crippen LogP contribution is 2.31. The van der Waals surface area contributed by atoms with Gasteiger partial charge in [0.2, 0.25) is 0 Å². The van der Waals surface area contributed by atoms with Crippen molar-refractivity contribution in [3.63, 3.8) is 0 Å². The van der Waals surface area contributed by atoms with Crippen LogP contribution in [0.2, 0.25) is 0 Å². The molecule has 0 radical (unpaired) electrons. The molecule has 0 saturated carbocycles. The van der Waals surface area contributed by atoms with E-state index in [-0.39, 0.29) is 22.9 Å². The third kappa shape index (κ3) is 2.96. The van der Waals surface area contributed by atoms with E-state index in [0.717, 1.165) is 5.56 Å². The number of fused-ring (bicyclic) bond motifs is 1. The molecular weight excluding hydrogens is 358 g/mol. The van der Waals surface area contributed by atoms with Crippen molar-refractivity contribution in [2.75, 3.05) is 5.32 Å². The van der Waals surface area contributed by atoms with E-state index in [9.17, 15) is 14.4 Å². The fourth-order valence-electron chi connectivity index (χ4n) is 3.25. The van der Waals surface area contributed by atoms with Crippen LogP contribution < -0.4 is 5.32 Å². The normalized spacial score (nSPS) is 14.1. The van der Waals surface area contributed by atoms with E-state index in [1.54, 1.807) is 19.9 Å². The number of hydrogen-bond donors (Lipinski definition) is 1. The van der Waals surface area contributed by atoms with E-state index < -0.39 is 17.9 Å². The Kier molecular flexibility index (Phi) is 4.27. The Hall–Kier alpha value is -3.74. The largest absolute Gasteiger partial charge is 0.360 e. The summed E-state index contributed by atoms with van der Waals surface area (Å²) >= 11 is 0. The summed E-state index contributed by atoms with van der Waals surface area (Å²) in [5, 5.41) is 6.32. The third-order valence-corrected chi connectivity index (χ3v) is 4.72. The summed E-state index contributed by atoms with van der Waals surface area (Å²) in [5.41, 5.74) is 1.63. The summed E-state index contributed by atoms with van der Waals surface area (Å²) in [6, 6.07) is 15.0. The number of nitrogens with one attached hydrogen (secondary N) is 1. The Morgan fingerprint density at radius 2 is 1.75 bits per heavy atom. The Bertz CT molecular complexity index is 1090. The van der Waals surface area contributed by atoms with Gasteiger partial charge in [0.15, 0.2) is 5.82 Å². The van der Waals surface area contributed by atoms with Crippen LogP contribution in [0.1, 0.15) is 55.4 Å². The van der Waals surface area contributed by atoms with Crippen LogP contribution in [-0.4, -0.2) is 27.8 Å². The SMILES string of the molecule is Cc1cc(NC(=O)c2ccc3c(c2)C(=O)N(C(C)c2ccccc2)C3=O)no1. The molecule has 0 saturated heterocycles. The summed E-state index contributed by atoms with van der Waals surface area (Å²) in [6.07, 6.45) is 0. The monoisotopic (exact) mass is 375 g/mol. The molecule has 1 atom stereocenters. The summed E-state index contributed by atoms with van der Waals surface area (Å²) in [4.78, 5) is 39.4. The molecule has 0 bridgehead atoms. The van der Waals surface area contributed by atoms with Gasteiger partial charge in [-0.15, -0.1) is 0 Å². The summed E-state index contributed by atoms with van der Waals surface area (Å²) in [7, 11) is 0. The Morgan fingerprint density at radius 1 is 1.04 bits per heavy atom. The highest BCUT2D eigenvalue weighted by atomic mass is 16.5. The number of anilines is 1. The van der Waals surface area contributed by atoms with Crippen LogP contribution >= 0.6 is 0 Å². The standard InChI is InChI=1S/C21H17N3O4/c1-12-10-18(23-28-12)22-19(25)15-8-9-16-17(11-15)21(27)24(20(16)26)13(2)14-6-4-3-5-7-14/h3-11,13H,1-2H3,(H,22,23,25). The topological polar surface area (TPSA) is 92.5 Å². The van der Waals surface area contributed by atoms with Crippen molar-refractivity contribution in [3.05, 3.63) is 82.6 Å². The highest BCUT2D eigenvalue weighted by Gasteiger charge is 2.39. The minimum atomic E-state index is -0.439. The number of benzene rings is 2. The smallest absolute Gasteiger partial charge is 0.262 e. The Balaban J connectivity index is 1.61. The van der Waals surface area contributed by atoms with Gasteiger partial charge in [-0.2, -0.15) is 0 Å². The van der Waals surface area contributed by atoms with Crippen LogP contribution in [0.15, 0.2) is 59.1 Å². The molecule has 0 spiro atoms. The second-order valence-electron chi connectivity index (χ2n) is 6.60. The van der Waals surface area contributed by atoms with E-state index in [0.29, 0.717) is 11.3 Å². The number of carbonyl (C=O) groups is 3. The number of imide groups is 1. The molecular formula is C21H17N3O4. The number of hydrogen-bond acceptors (Lipinski definition) is 5. The van der Waals surface area contributed by atoms with E-state index in [1.165, 1.54) is 23.1 Å². The molecule has 2 heterocycles. The van der Waals surface area contributed by atoms with E-state index in [1.807, 2.05) is 30.3 Å². The van der Waals surface area contributed by atoms with Crippen molar-refractivity contribution < 1.29 is 18.9 Å². The summed E-state index contributed by atoms with van der Waals surface area (Å²) in [6.45, 7) is 3.52. The van der Waals surface area contributed by atoms with Crippen LogP contribution in [0, 0.1) is 6.92 Å². The van der Waals surface area contributed by atoms with Crippen molar-refractivity contribution in [2.24, 2.45) is 0 Å². The molecule has 0 fully saturated rings. The van der Waals surface area contributed by atoms with E-state index >= 15 is 0 Å². The molecule has 4 rings (SSSR count). The summed E-state index contributed by atoms with van der Waals surface area (Å²) < 4.78 is 4.92. The van der Waals surface area contributed by atoms with Crippen molar-refractivity contribution in [2.45, 2.75) is 19.9 Å². The molecule has 0 aliphatic carbocycles. The molecule has 140 valence electrons. The maximum atomic E-state index is 12.9. The molecule has 3 aromatic rings. The first-order valence-electron chi connectivity index (χ1n) is 8.77. The number of nitrogens with zero attached hydrogens (tertiary/aromatic N) is 2. The Morgan fingerprint density at radius 3 is 2.43 bits per heavy atom. The lowest BCUT2D eigenvalue weighted by molar-refractivity contribution is 0.0595. The minimum absolute atomic E-state index is 0.219. The number of amides is 3. The van der Waals surface area contributed by atoms with Gasteiger partial charge >= 0.3 is 0 Å². The van der Waals surface area contributed by atoms with Gasteiger partial charge in [0, 0.05) is 11.6 Å². The lowest BCUT2D eigenvalue weighted by Crippen LogP contribution is -2.32. The number of rotatable bonds is 4. The van der Waals surface area contributed by atoms with Crippen molar-refractivity contribution >= 4 is 23.5 Å². The second-order valence-corrected chi connectivity index (χ2v) is 6.60. The molecule has 3 amide bonds. The van der Waals surface area contributed by atoms with E-state index in [4.69, 9.17) is 4.52 Å². The zero-order chi connectivity index (χ0) is 19.8. The zero-order valence-corrected chi connectivity index (χ0v) is 15.3. The first kappa shape index (κ1) is 17.7. The van der Waals surface area contributed by atoms with Gasteiger partial charge in [0.05, 0.1) is 17.2 Å². The van der Waals surface area contributed by atoms with Crippen LogP contribution in [0.4, 0.5) is 5.82 Å². The second kappa shape index (κ2) is 6.77. The zero-order valence-electron chi connectivity index (χ0n) is 15.3. The number of aryl methyl sites for hydroxylation is 1. The van der Waals surface area contributed by atoms with Crippen molar-refractivity contribution in [1.82, 2.24) is 10.1 Å². The molecule has 7 heteroatoms. The number of aromatic nitrogens is 1. The molecule has 2 aromatic carbocycles. The van der Waals surface area contributed by atoms with Crippen molar-refractivity contribution in [3.8, 4) is 0 Å². The van der Waals surface area contributed by atoms with Crippen LogP contribution in [0.3, 0.4) is 0 Å². The minimum Gasteiger partial charge on any atom is -0.360 e. The lowest BCUT2D eigenvalue weighted by Gasteiger charge is -2.22. The average molecular weight is 375 g/mol. The van der Waals surface area contributed by atoms with Gasteiger partial charge < -0.3 is 9.84 Å². The van der Waals surface area contributed by atoms with Crippen LogP contribution in [-0.2, 0) is 0 Å². The van der Waals surface area contributed by atoms with Gasteiger partial charge in [-0.25, -0.2) is 0 Å². The third-order valence-electron chi connectivity index (χ3n) is 4.72. The highest BCUT2D eigenvalue weighted by molar-refractivity contribution is 6.22. The predicted molar refractivity (Wildman–Crippen MR) is 101 cm³/mol. The molecule has 28 heavy (non-hydrogen) atoms. The molecule has 1 aliphatic rings.